The van der Waals surface area contributed by atoms with Crippen LogP contribution in [0.1, 0.15) is 37.8 Å². The van der Waals surface area contributed by atoms with Gasteiger partial charge >= 0.3 is 0 Å². The van der Waals surface area contributed by atoms with Crippen molar-refractivity contribution in [1.82, 2.24) is 0 Å². The Bertz CT molecular complexity index is 528. The van der Waals surface area contributed by atoms with Gasteiger partial charge in [-0.2, -0.15) is 0 Å². The molecular formula is C17H21NO. The summed E-state index contributed by atoms with van der Waals surface area (Å²) >= 11 is 0. The summed E-state index contributed by atoms with van der Waals surface area (Å²) < 4.78 is 5.70. The second kappa shape index (κ2) is 5.20. The molecule has 2 nitrogen and oxygen atoms in total. The van der Waals surface area contributed by atoms with Gasteiger partial charge in [0.25, 0.3) is 0 Å². The maximum Gasteiger partial charge on any atom is 0.183 e. The molecule has 1 atom stereocenters. The maximum absolute atomic E-state index is 5.70. The predicted octanol–water partition coefficient (Wildman–Crippen LogP) is 3.86. The average molecular weight is 255 g/mol. The lowest BCUT2D eigenvalue weighted by molar-refractivity contribution is 0.286. The third-order valence-corrected chi connectivity index (χ3v) is 4.04. The van der Waals surface area contributed by atoms with Gasteiger partial charge in [-0.25, -0.2) is 4.99 Å². The first kappa shape index (κ1) is 12.5. The van der Waals surface area contributed by atoms with Gasteiger partial charge in [-0.05, 0) is 35.5 Å². The minimum Gasteiger partial charge on any atom is -0.479 e. The molecule has 2 heteroatoms. The smallest absolute Gasteiger partial charge is 0.183 e. The minimum absolute atomic E-state index is 0.361. The lowest BCUT2D eigenvalue weighted by Crippen LogP contribution is -2.13. The molecule has 100 valence electrons. The third kappa shape index (κ3) is 2.58. The molecule has 3 rings (SSSR count). The number of aliphatic imine (C=N–C) groups is 1. The van der Waals surface area contributed by atoms with Crippen molar-refractivity contribution >= 4 is 11.5 Å². The molecule has 1 aliphatic heterocycles. The second-order valence-corrected chi connectivity index (χ2v) is 5.74. The zero-order valence-electron chi connectivity index (χ0n) is 11.7. The number of allylic oxidation sites excluding steroid dienone is 2. The highest BCUT2D eigenvalue weighted by Gasteiger charge is 2.22. The summed E-state index contributed by atoms with van der Waals surface area (Å²) in [5.74, 6) is 1.52. The fourth-order valence-corrected chi connectivity index (χ4v) is 2.75. The molecule has 0 aromatic heterocycles. The minimum atomic E-state index is 0.361. The van der Waals surface area contributed by atoms with Gasteiger partial charge in [-0.3, -0.25) is 0 Å². The first-order valence-corrected chi connectivity index (χ1v) is 7.21. The van der Waals surface area contributed by atoms with Gasteiger partial charge in [0.15, 0.2) is 5.90 Å². The van der Waals surface area contributed by atoms with E-state index >= 15 is 0 Å². The third-order valence-electron chi connectivity index (χ3n) is 4.04. The molecule has 0 saturated carbocycles. The van der Waals surface area contributed by atoms with E-state index in [1.807, 2.05) is 0 Å². The molecule has 0 bridgehead atoms. The molecule has 0 N–H and O–H groups in total. The number of benzene rings is 1. The molecule has 0 spiro atoms. The van der Waals surface area contributed by atoms with Crippen LogP contribution in [0.4, 0.5) is 0 Å². The summed E-state index contributed by atoms with van der Waals surface area (Å²) in [6.07, 6.45) is 5.40. The van der Waals surface area contributed by atoms with Gasteiger partial charge in [0.05, 0.1) is 6.04 Å². The molecule has 19 heavy (non-hydrogen) atoms. The molecule has 2 aliphatic rings. The van der Waals surface area contributed by atoms with E-state index in [0.29, 0.717) is 12.0 Å². The van der Waals surface area contributed by atoms with Crippen LogP contribution in [0.15, 0.2) is 35.3 Å². The largest absolute Gasteiger partial charge is 0.479 e. The van der Waals surface area contributed by atoms with Gasteiger partial charge in [0.1, 0.15) is 6.61 Å². The summed E-state index contributed by atoms with van der Waals surface area (Å²) in [4.78, 5) is 4.67. The summed E-state index contributed by atoms with van der Waals surface area (Å²) in [5.41, 5.74) is 4.32. The highest BCUT2D eigenvalue weighted by Crippen LogP contribution is 2.31. The fraction of sp³-hybridized carbons (Fsp3) is 0.471. The number of fused-ring (bicyclic) bond motifs is 1. The van der Waals surface area contributed by atoms with Gasteiger partial charge in [-0.1, -0.05) is 44.2 Å². The number of nitrogens with zero attached hydrogens (tertiary/aromatic N) is 1. The number of rotatable bonds is 4. The van der Waals surface area contributed by atoms with Gasteiger partial charge < -0.3 is 4.74 Å². The number of ether oxygens (including phenoxy) is 1. The van der Waals surface area contributed by atoms with E-state index in [2.05, 4.69) is 49.2 Å². The predicted molar refractivity (Wildman–Crippen MR) is 79.4 cm³/mol. The number of hydrogen-bond acceptors (Lipinski definition) is 2. The van der Waals surface area contributed by atoms with Crippen molar-refractivity contribution < 1.29 is 4.74 Å². The van der Waals surface area contributed by atoms with Crippen LogP contribution in [-0.2, 0) is 11.2 Å². The molecular weight excluding hydrogens is 234 g/mol. The molecule has 0 unspecified atom stereocenters. The Morgan fingerprint density at radius 3 is 2.89 bits per heavy atom. The van der Waals surface area contributed by atoms with E-state index in [-0.39, 0.29) is 0 Å². The van der Waals surface area contributed by atoms with Crippen LogP contribution < -0.4 is 0 Å². The molecule has 0 amide bonds. The van der Waals surface area contributed by atoms with E-state index in [4.69, 9.17) is 4.74 Å². The molecule has 0 radical (unpaired) electrons. The molecule has 1 aromatic rings. The van der Waals surface area contributed by atoms with Crippen molar-refractivity contribution in [2.75, 3.05) is 6.61 Å². The van der Waals surface area contributed by atoms with Crippen molar-refractivity contribution in [2.24, 2.45) is 10.9 Å². The zero-order valence-corrected chi connectivity index (χ0v) is 11.7. The van der Waals surface area contributed by atoms with Gasteiger partial charge in [-0.15, -0.1) is 0 Å². The van der Waals surface area contributed by atoms with E-state index < -0.39 is 0 Å². The summed E-state index contributed by atoms with van der Waals surface area (Å²) in [6, 6.07) is 9.04. The number of hydrogen-bond donors (Lipinski definition) is 0. The Kier molecular flexibility index (Phi) is 3.41. The van der Waals surface area contributed by atoms with E-state index in [9.17, 15) is 0 Å². The van der Waals surface area contributed by atoms with Crippen LogP contribution in [-0.4, -0.2) is 18.5 Å². The van der Waals surface area contributed by atoms with Crippen molar-refractivity contribution in [3.8, 4) is 0 Å². The van der Waals surface area contributed by atoms with Crippen LogP contribution >= 0.6 is 0 Å². The Hall–Kier alpha value is -1.57. The topological polar surface area (TPSA) is 21.6 Å². The zero-order chi connectivity index (χ0) is 13.2. The van der Waals surface area contributed by atoms with Crippen LogP contribution in [0.25, 0.3) is 5.57 Å². The average Bonchev–Trinajstić information content (AvgIpc) is 3.03. The van der Waals surface area contributed by atoms with E-state index in [1.165, 1.54) is 16.7 Å². The van der Waals surface area contributed by atoms with Crippen LogP contribution in [0.5, 0.6) is 0 Å². The van der Waals surface area contributed by atoms with Gasteiger partial charge in [0.2, 0.25) is 0 Å². The molecule has 1 aromatic carbocycles. The molecule has 1 heterocycles. The van der Waals surface area contributed by atoms with Crippen LogP contribution in [0.2, 0.25) is 0 Å². The Morgan fingerprint density at radius 1 is 1.26 bits per heavy atom. The van der Waals surface area contributed by atoms with E-state index in [0.717, 1.165) is 31.8 Å². The summed E-state index contributed by atoms with van der Waals surface area (Å²) in [6.45, 7) is 5.18. The standard InChI is InChI=1S/C17H21NO/c1-12(2)16-11-19-17(18-16)10-9-14-8-7-13-5-3-4-6-15(13)14/h3-6,8,12,16H,7,9-11H2,1-2H3/t16-/m1/s1. The highest BCUT2D eigenvalue weighted by molar-refractivity contribution is 5.81. The van der Waals surface area contributed by atoms with Crippen LogP contribution in [0.3, 0.4) is 0 Å². The SMILES string of the molecule is CC(C)[C@H]1COC(CCC2=CCc3ccccc32)=N1. The van der Waals surface area contributed by atoms with E-state index in [1.54, 1.807) is 0 Å². The van der Waals surface area contributed by atoms with Crippen molar-refractivity contribution in [3.05, 3.63) is 41.5 Å². The Labute approximate surface area is 115 Å². The molecule has 0 saturated heterocycles. The highest BCUT2D eigenvalue weighted by atomic mass is 16.5. The summed E-state index contributed by atoms with van der Waals surface area (Å²) in [5, 5.41) is 0. The lowest BCUT2D eigenvalue weighted by atomic mass is 10.0. The van der Waals surface area contributed by atoms with Crippen molar-refractivity contribution in [3.63, 3.8) is 0 Å². The Balaban J connectivity index is 1.61. The first-order chi connectivity index (χ1) is 9.24. The quantitative estimate of drug-likeness (QED) is 0.800. The van der Waals surface area contributed by atoms with Crippen molar-refractivity contribution in [2.45, 2.75) is 39.2 Å². The molecule has 0 fully saturated rings. The lowest BCUT2D eigenvalue weighted by Gasteiger charge is -2.06. The monoisotopic (exact) mass is 255 g/mol. The first-order valence-electron chi connectivity index (χ1n) is 7.21. The second-order valence-electron chi connectivity index (χ2n) is 5.74. The Morgan fingerprint density at radius 2 is 2.11 bits per heavy atom. The van der Waals surface area contributed by atoms with Gasteiger partial charge in [0, 0.05) is 6.42 Å². The molecule has 1 aliphatic carbocycles. The summed E-state index contributed by atoms with van der Waals surface area (Å²) in [7, 11) is 0. The van der Waals surface area contributed by atoms with Crippen molar-refractivity contribution in [1.29, 1.82) is 0 Å². The normalized spacial score (nSPS) is 21.1. The maximum atomic E-state index is 5.70. The van der Waals surface area contributed by atoms with Crippen LogP contribution in [0, 0.1) is 5.92 Å². The fourth-order valence-electron chi connectivity index (χ4n) is 2.75.